The van der Waals surface area contributed by atoms with Gasteiger partial charge in [0, 0.05) is 38.8 Å². The molecule has 3 atom stereocenters. The molecule has 1 aromatic carbocycles. The highest BCUT2D eigenvalue weighted by atomic mass is 16.5. The van der Waals surface area contributed by atoms with E-state index in [1.54, 1.807) is 0 Å². The van der Waals surface area contributed by atoms with Gasteiger partial charge in [0.05, 0.1) is 18.2 Å². The number of likely N-dealkylation sites (tertiary alicyclic amines) is 1. The molecule has 0 spiro atoms. The van der Waals surface area contributed by atoms with Crippen molar-refractivity contribution < 1.29 is 9.53 Å². The van der Waals surface area contributed by atoms with Gasteiger partial charge in [0.25, 0.3) is 0 Å². The molecule has 1 amide bonds. The third kappa shape index (κ3) is 3.80. The number of carbonyl (C=O) groups excluding carboxylic acids is 1. The molecule has 0 aliphatic carbocycles. The molecule has 0 saturated carbocycles. The highest BCUT2D eigenvalue weighted by Crippen LogP contribution is 2.23. The molecule has 3 aliphatic heterocycles. The van der Waals surface area contributed by atoms with E-state index >= 15 is 0 Å². The minimum Gasteiger partial charge on any atom is -0.373 e. The maximum Gasteiger partial charge on any atom is 0.240 e. The van der Waals surface area contributed by atoms with Crippen LogP contribution in [0.15, 0.2) is 24.3 Å². The molecule has 2 saturated heterocycles. The van der Waals surface area contributed by atoms with Gasteiger partial charge in [-0.2, -0.15) is 0 Å². The molecule has 3 aliphatic rings. The number of nitrogens with zero attached hydrogens (tertiary/aromatic N) is 2. The van der Waals surface area contributed by atoms with E-state index in [1.807, 2.05) is 0 Å². The number of rotatable bonds is 2. The molecule has 26 heavy (non-hydrogen) atoms. The van der Waals surface area contributed by atoms with E-state index in [0.29, 0.717) is 18.2 Å². The normalized spacial score (nSPS) is 30.8. The predicted molar refractivity (Wildman–Crippen MR) is 102 cm³/mol. The summed E-state index contributed by atoms with van der Waals surface area (Å²) in [4.78, 5) is 17.6. The van der Waals surface area contributed by atoms with Crippen LogP contribution in [0.1, 0.15) is 37.8 Å². The summed E-state index contributed by atoms with van der Waals surface area (Å²) in [5, 5.41) is 3.44. The maximum atomic E-state index is 13.0. The first kappa shape index (κ1) is 18.0. The summed E-state index contributed by atoms with van der Waals surface area (Å²) in [5.74, 6) is 0.279. The van der Waals surface area contributed by atoms with E-state index < -0.39 is 0 Å². The highest BCUT2D eigenvalue weighted by Gasteiger charge is 2.34. The molecule has 4 rings (SSSR count). The van der Waals surface area contributed by atoms with E-state index in [-0.39, 0.29) is 11.9 Å². The molecule has 142 valence electrons. The first-order chi connectivity index (χ1) is 12.6. The fourth-order valence-electron chi connectivity index (χ4n) is 4.82. The zero-order valence-electron chi connectivity index (χ0n) is 16.0. The average Bonchev–Trinajstić information content (AvgIpc) is 2.66. The van der Waals surface area contributed by atoms with Crippen LogP contribution >= 0.6 is 0 Å². The zero-order chi connectivity index (χ0) is 18.1. The molecule has 1 N–H and O–H groups in total. The van der Waals surface area contributed by atoms with Crippen LogP contribution in [0.5, 0.6) is 0 Å². The number of amides is 1. The first-order valence-electron chi connectivity index (χ1n) is 10.1. The molecule has 3 heterocycles. The molecule has 5 heteroatoms. The smallest absolute Gasteiger partial charge is 0.240 e. The van der Waals surface area contributed by atoms with Crippen LogP contribution in [-0.2, 0) is 22.5 Å². The fourth-order valence-corrected chi connectivity index (χ4v) is 4.82. The third-order valence-electron chi connectivity index (χ3n) is 6.12. The zero-order valence-corrected chi connectivity index (χ0v) is 16.0. The lowest BCUT2D eigenvalue weighted by Crippen LogP contribution is -2.56. The summed E-state index contributed by atoms with van der Waals surface area (Å²) in [6.45, 7) is 8.91. The molecule has 0 bridgehead atoms. The predicted octanol–water partition coefficient (Wildman–Crippen LogP) is 1.80. The quantitative estimate of drug-likeness (QED) is 0.877. The number of morpholine rings is 1. The van der Waals surface area contributed by atoms with Gasteiger partial charge < -0.3 is 15.0 Å². The summed E-state index contributed by atoms with van der Waals surface area (Å²) >= 11 is 0. The van der Waals surface area contributed by atoms with Gasteiger partial charge >= 0.3 is 0 Å². The van der Waals surface area contributed by atoms with Crippen molar-refractivity contribution in [1.29, 1.82) is 0 Å². The molecular formula is C21H31N3O2. The summed E-state index contributed by atoms with van der Waals surface area (Å²) in [5.41, 5.74) is 2.64. The summed E-state index contributed by atoms with van der Waals surface area (Å²) in [6.07, 6.45) is 3.59. The van der Waals surface area contributed by atoms with Gasteiger partial charge in [0.2, 0.25) is 5.91 Å². The van der Waals surface area contributed by atoms with Crippen molar-refractivity contribution in [2.45, 2.75) is 63.9 Å². The average molecular weight is 357 g/mol. The monoisotopic (exact) mass is 357 g/mol. The van der Waals surface area contributed by atoms with Crippen molar-refractivity contribution in [1.82, 2.24) is 15.1 Å². The Bertz CT molecular complexity index is 632. The minimum atomic E-state index is -0.0649. The SMILES string of the molecule is C[C@@H]1CN(C2CCN(C(=O)[C@H]3Cc4ccccc4CN3)CC2)C[C@H](C)O1. The lowest BCUT2D eigenvalue weighted by Gasteiger charge is -2.44. The van der Waals surface area contributed by atoms with Crippen LogP contribution in [0.25, 0.3) is 0 Å². The third-order valence-corrected chi connectivity index (χ3v) is 6.12. The summed E-state index contributed by atoms with van der Waals surface area (Å²) in [6, 6.07) is 8.97. The molecule has 0 unspecified atom stereocenters. The summed E-state index contributed by atoms with van der Waals surface area (Å²) < 4.78 is 5.86. The van der Waals surface area contributed by atoms with Gasteiger partial charge in [-0.15, -0.1) is 0 Å². The Morgan fingerprint density at radius 2 is 1.73 bits per heavy atom. The number of carbonyl (C=O) groups is 1. The lowest BCUT2D eigenvalue weighted by molar-refractivity contribution is -0.136. The topological polar surface area (TPSA) is 44.8 Å². The Balaban J connectivity index is 1.31. The Morgan fingerprint density at radius 3 is 2.42 bits per heavy atom. The summed E-state index contributed by atoms with van der Waals surface area (Å²) in [7, 11) is 0. The number of hydrogen-bond acceptors (Lipinski definition) is 4. The van der Waals surface area contributed by atoms with Gasteiger partial charge in [-0.3, -0.25) is 9.69 Å². The van der Waals surface area contributed by atoms with Crippen molar-refractivity contribution in [3.63, 3.8) is 0 Å². The number of ether oxygens (including phenoxy) is 1. The molecule has 2 fully saturated rings. The van der Waals surface area contributed by atoms with Gasteiger partial charge in [-0.05, 0) is 44.2 Å². The molecule has 1 aromatic rings. The number of hydrogen-bond donors (Lipinski definition) is 1. The lowest BCUT2D eigenvalue weighted by atomic mass is 9.94. The number of fused-ring (bicyclic) bond motifs is 1. The Hall–Kier alpha value is -1.43. The van der Waals surface area contributed by atoms with Gasteiger partial charge in [-0.1, -0.05) is 24.3 Å². The van der Waals surface area contributed by atoms with E-state index in [9.17, 15) is 4.79 Å². The standard InChI is InChI=1S/C21H31N3O2/c1-15-13-24(14-16(2)26-15)19-7-9-23(10-8-19)21(25)20-11-17-5-3-4-6-18(17)12-22-20/h3-6,15-16,19-20,22H,7-14H2,1-2H3/t15-,16+,20-/m1/s1. The van der Waals surface area contributed by atoms with E-state index in [4.69, 9.17) is 4.74 Å². The van der Waals surface area contributed by atoms with Gasteiger partial charge in [0.1, 0.15) is 0 Å². The fraction of sp³-hybridized carbons (Fsp3) is 0.667. The largest absolute Gasteiger partial charge is 0.373 e. The van der Waals surface area contributed by atoms with Crippen molar-refractivity contribution in [3.8, 4) is 0 Å². The molecule has 5 nitrogen and oxygen atoms in total. The molecule has 0 aromatic heterocycles. The Labute approximate surface area is 156 Å². The molecular weight excluding hydrogens is 326 g/mol. The highest BCUT2D eigenvalue weighted by molar-refractivity contribution is 5.82. The van der Waals surface area contributed by atoms with Crippen LogP contribution in [0, 0.1) is 0 Å². The van der Waals surface area contributed by atoms with Crippen molar-refractivity contribution in [2.24, 2.45) is 0 Å². The Kier molecular flexibility index (Phi) is 5.30. The second kappa shape index (κ2) is 7.67. The van der Waals surface area contributed by atoms with E-state index in [0.717, 1.165) is 52.0 Å². The van der Waals surface area contributed by atoms with Gasteiger partial charge in [-0.25, -0.2) is 0 Å². The van der Waals surface area contributed by atoms with Crippen molar-refractivity contribution in [3.05, 3.63) is 35.4 Å². The minimum absolute atomic E-state index is 0.0649. The number of nitrogens with one attached hydrogen (secondary N) is 1. The second-order valence-corrected chi connectivity index (χ2v) is 8.17. The molecule has 0 radical (unpaired) electrons. The number of piperidine rings is 1. The van der Waals surface area contributed by atoms with Crippen LogP contribution < -0.4 is 5.32 Å². The van der Waals surface area contributed by atoms with Crippen LogP contribution in [0.2, 0.25) is 0 Å². The van der Waals surface area contributed by atoms with E-state index in [2.05, 4.69) is 53.2 Å². The maximum absolute atomic E-state index is 13.0. The van der Waals surface area contributed by atoms with Crippen LogP contribution in [-0.4, -0.2) is 66.2 Å². The van der Waals surface area contributed by atoms with Gasteiger partial charge in [0.15, 0.2) is 0 Å². The Morgan fingerprint density at radius 1 is 1.08 bits per heavy atom. The van der Waals surface area contributed by atoms with Crippen molar-refractivity contribution >= 4 is 5.91 Å². The van der Waals surface area contributed by atoms with Crippen LogP contribution in [0.3, 0.4) is 0 Å². The van der Waals surface area contributed by atoms with Crippen LogP contribution in [0.4, 0.5) is 0 Å². The van der Waals surface area contributed by atoms with Crippen molar-refractivity contribution in [2.75, 3.05) is 26.2 Å². The first-order valence-corrected chi connectivity index (χ1v) is 10.1. The number of benzene rings is 1. The second-order valence-electron chi connectivity index (χ2n) is 8.17. The van der Waals surface area contributed by atoms with E-state index in [1.165, 1.54) is 11.1 Å².